The highest BCUT2D eigenvalue weighted by Crippen LogP contribution is 2.55. The third-order valence-corrected chi connectivity index (χ3v) is 19.8. The first kappa shape index (κ1) is 44.2. The molecule has 0 atom stereocenters. The number of benzene rings is 14. The fourth-order valence-corrected chi connectivity index (χ4v) is 15.2. The topological polar surface area (TPSA) is 11.4 Å². The molecule has 0 fully saturated rings. The lowest BCUT2D eigenvalue weighted by Crippen LogP contribution is -2.61. The minimum absolute atomic E-state index is 0.0193. The first-order valence-corrected chi connectivity index (χ1v) is 32.4. The van der Waals surface area contributed by atoms with Gasteiger partial charge in [-0.05, 0) is 184 Å². The Morgan fingerprint density at radius 1 is 0.337 bits per heavy atom. The molecule has 450 valence electrons. The average Bonchev–Trinajstić information content (AvgIpc) is 1.02. The Morgan fingerprint density at radius 3 is 1.41 bits per heavy atom. The summed E-state index contributed by atoms with van der Waals surface area (Å²) in [6, 6.07) is 78.2. The molecule has 15 aromatic rings. The van der Waals surface area contributed by atoms with Gasteiger partial charge in [0.25, 0.3) is 6.71 Å². The van der Waals surface area contributed by atoms with Crippen LogP contribution in [0.4, 0.5) is 34.1 Å². The standard InChI is InChI=1S/C91H68BN3/c1-90(2,3)69-56-76(62-33-17-9-18-34-62)89(77(57-69)63-35-19-10-20-36-63)95-84-53-65(59-27-11-6-12-28-59)44-47-80(84)92-81-48-45-70(93-82-41-25-22-38-74(82)75-39-23-26-42-83(75)93)58-85(81)94(71-50-66(60-29-13-7-14-30-60)49-67(51-71)61-31-15-8-16-32-61)86-54-68(55-87(95)88(86)92)64-43-46-73-72-37-21-24-40-78(72)91(4,5)79(73)52-64/h6-58H,1-5H3/i6D,11D,12D,22D,23D,25D,26D,27D,28D,38D,39D,41D,42D. The molecule has 0 unspecified atom stereocenters. The average molecular weight is 1230 g/mol. The predicted molar refractivity (Wildman–Crippen MR) is 404 cm³/mol. The lowest BCUT2D eigenvalue weighted by Gasteiger charge is -2.45. The van der Waals surface area contributed by atoms with Crippen LogP contribution in [0.3, 0.4) is 0 Å². The van der Waals surface area contributed by atoms with E-state index < -0.39 is 78.6 Å². The summed E-state index contributed by atoms with van der Waals surface area (Å²) >= 11 is 0. The lowest BCUT2D eigenvalue weighted by molar-refractivity contribution is 0.591. The summed E-state index contributed by atoms with van der Waals surface area (Å²) < 4.78 is 123. The van der Waals surface area contributed by atoms with Crippen molar-refractivity contribution in [1.29, 1.82) is 0 Å². The molecule has 1 aromatic heterocycles. The van der Waals surface area contributed by atoms with Crippen LogP contribution >= 0.6 is 0 Å². The Morgan fingerprint density at radius 2 is 0.811 bits per heavy atom. The van der Waals surface area contributed by atoms with E-state index in [2.05, 4.69) is 202 Å². The van der Waals surface area contributed by atoms with Crippen molar-refractivity contribution in [3.8, 4) is 83.6 Å². The maximum absolute atomic E-state index is 9.77. The Kier molecular flexibility index (Phi) is 10.1. The van der Waals surface area contributed by atoms with Gasteiger partial charge in [-0.1, -0.05) is 277 Å². The number of para-hydroxylation sites is 2. The normalized spacial score (nSPS) is 15.3. The second kappa shape index (κ2) is 21.8. The van der Waals surface area contributed by atoms with Gasteiger partial charge in [-0.3, -0.25) is 0 Å². The number of hydrogen-bond acceptors (Lipinski definition) is 2. The van der Waals surface area contributed by atoms with Crippen molar-refractivity contribution in [2.75, 3.05) is 9.80 Å². The zero-order chi connectivity index (χ0) is 75.0. The van der Waals surface area contributed by atoms with E-state index in [1.54, 1.807) is 4.57 Å². The van der Waals surface area contributed by atoms with Gasteiger partial charge in [0.1, 0.15) is 0 Å². The molecule has 4 heteroatoms. The van der Waals surface area contributed by atoms with E-state index in [4.69, 9.17) is 6.85 Å². The fraction of sp³-hybridized carbons (Fsp3) is 0.0769. The summed E-state index contributed by atoms with van der Waals surface area (Å²) in [5.41, 5.74) is 21.9. The van der Waals surface area contributed by atoms with Gasteiger partial charge in [0.05, 0.1) is 34.5 Å². The second-order valence-electron chi connectivity index (χ2n) is 26.7. The predicted octanol–water partition coefficient (Wildman–Crippen LogP) is 22.5. The Labute approximate surface area is 575 Å². The summed E-state index contributed by atoms with van der Waals surface area (Å²) in [5.74, 6) is 0. The fourth-order valence-electron chi connectivity index (χ4n) is 15.2. The van der Waals surface area contributed by atoms with Crippen molar-refractivity contribution in [1.82, 2.24) is 4.57 Å². The minimum atomic E-state index is -0.675. The number of hydrogen-bond donors (Lipinski definition) is 0. The van der Waals surface area contributed by atoms with Gasteiger partial charge in [-0.15, -0.1) is 0 Å². The van der Waals surface area contributed by atoms with Gasteiger partial charge in [0.2, 0.25) is 0 Å². The van der Waals surface area contributed by atoms with Crippen LogP contribution in [0, 0.1) is 0 Å². The zero-order valence-corrected chi connectivity index (χ0v) is 53.0. The van der Waals surface area contributed by atoms with Crippen molar-refractivity contribution < 1.29 is 17.8 Å². The second-order valence-corrected chi connectivity index (χ2v) is 26.7. The smallest absolute Gasteiger partial charge is 0.252 e. The molecular formula is C91H68BN3. The molecule has 95 heavy (non-hydrogen) atoms. The van der Waals surface area contributed by atoms with Crippen LogP contribution in [0.15, 0.2) is 321 Å². The molecule has 0 bridgehead atoms. The number of anilines is 6. The molecule has 1 aliphatic carbocycles. The van der Waals surface area contributed by atoms with Gasteiger partial charge in [0.15, 0.2) is 0 Å². The summed E-state index contributed by atoms with van der Waals surface area (Å²) in [6.45, 7) is 10.5. The number of aromatic nitrogens is 1. The van der Waals surface area contributed by atoms with Gasteiger partial charge < -0.3 is 14.4 Å². The Bertz CT molecular complexity index is 6150. The summed E-state index contributed by atoms with van der Waals surface area (Å²) in [7, 11) is 0. The third-order valence-electron chi connectivity index (χ3n) is 19.8. The molecule has 3 heterocycles. The molecule has 0 spiro atoms. The van der Waals surface area contributed by atoms with Crippen LogP contribution in [0.1, 0.15) is 69.1 Å². The van der Waals surface area contributed by atoms with E-state index >= 15 is 0 Å². The first-order valence-electron chi connectivity index (χ1n) is 38.9. The van der Waals surface area contributed by atoms with Crippen molar-refractivity contribution in [2.45, 2.75) is 45.4 Å². The van der Waals surface area contributed by atoms with Gasteiger partial charge in [-0.2, -0.15) is 0 Å². The number of nitrogens with zero attached hydrogens (tertiary/aromatic N) is 3. The van der Waals surface area contributed by atoms with Crippen LogP contribution < -0.4 is 26.2 Å². The molecule has 0 amide bonds. The monoisotopic (exact) mass is 1230 g/mol. The van der Waals surface area contributed by atoms with E-state index in [9.17, 15) is 11.0 Å². The minimum Gasteiger partial charge on any atom is -0.311 e. The van der Waals surface area contributed by atoms with Crippen molar-refractivity contribution >= 4 is 79.0 Å². The molecule has 14 aromatic carbocycles. The Balaban J connectivity index is 1.04. The van der Waals surface area contributed by atoms with Crippen LogP contribution in [0.25, 0.3) is 105 Å². The van der Waals surface area contributed by atoms with Crippen LogP contribution in [0.5, 0.6) is 0 Å². The molecule has 3 nitrogen and oxygen atoms in total. The molecule has 0 radical (unpaired) electrons. The highest BCUT2D eigenvalue weighted by molar-refractivity contribution is 7.00. The highest BCUT2D eigenvalue weighted by atomic mass is 15.2. The molecule has 3 aliphatic rings. The van der Waals surface area contributed by atoms with Crippen LogP contribution in [0.2, 0.25) is 0 Å². The molecule has 0 saturated carbocycles. The first-order chi connectivity index (χ1) is 51.9. The number of rotatable bonds is 9. The van der Waals surface area contributed by atoms with E-state index in [0.29, 0.717) is 22.6 Å². The van der Waals surface area contributed by atoms with Gasteiger partial charge >= 0.3 is 0 Å². The molecule has 0 N–H and O–H groups in total. The van der Waals surface area contributed by atoms with Crippen molar-refractivity contribution in [3.05, 3.63) is 338 Å². The Hall–Kier alpha value is -11.5. The summed E-state index contributed by atoms with van der Waals surface area (Å²) in [6.07, 6.45) is 0. The van der Waals surface area contributed by atoms with E-state index in [0.717, 1.165) is 111 Å². The molecular weight excluding hydrogens is 1150 g/mol. The lowest BCUT2D eigenvalue weighted by atomic mass is 9.33. The number of fused-ring (bicyclic) bond motifs is 10. The molecule has 18 rings (SSSR count). The quantitative estimate of drug-likeness (QED) is 0.133. The van der Waals surface area contributed by atoms with E-state index in [1.165, 1.54) is 11.1 Å². The van der Waals surface area contributed by atoms with Gasteiger partial charge in [0, 0.05) is 61.4 Å². The summed E-state index contributed by atoms with van der Waals surface area (Å²) in [5, 5.41) is -0.0882. The van der Waals surface area contributed by atoms with Crippen molar-refractivity contribution in [2.24, 2.45) is 0 Å². The SMILES string of the molecule is [2H]c1c([2H])c([2H])c(-c2ccc3c(c2)N(c2c(-c4ccccc4)cc(C(C)(C)C)cc2-c2ccccc2)c2cc(-c4ccc5c(c4)C(C)(C)c4ccccc4-5)cc4c2B3c2ccc(-n3c5c([2H])c([2H])c([2H])c([2H])c5c5c([2H])c([2H])c([2H])c([2H])c53)cc2N4c2cc(-c3ccccc3)cc(-c3ccccc3)c2)c([2H])c1[2H]. The highest BCUT2D eigenvalue weighted by Gasteiger charge is 2.46. The van der Waals surface area contributed by atoms with Crippen LogP contribution in [-0.4, -0.2) is 11.3 Å². The molecule has 0 saturated heterocycles. The zero-order valence-electron chi connectivity index (χ0n) is 66.0. The van der Waals surface area contributed by atoms with E-state index in [1.807, 2.05) is 84.9 Å². The third kappa shape index (κ3) is 9.10. The largest absolute Gasteiger partial charge is 0.311 e. The van der Waals surface area contributed by atoms with E-state index in [-0.39, 0.29) is 44.9 Å². The maximum atomic E-state index is 9.77. The molecule has 2 aliphatic heterocycles. The van der Waals surface area contributed by atoms with Crippen molar-refractivity contribution in [3.63, 3.8) is 0 Å². The maximum Gasteiger partial charge on any atom is 0.252 e. The summed E-state index contributed by atoms with van der Waals surface area (Å²) in [4.78, 5) is 4.66. The van der Waals surface area contributed by atoms with Gasteiger partial charge in [-0.25, -0.2) is 0 Å². The van der Waals surface area contributed by atoms with Crippen LogP contribution in [-0.2, 0) is 10.8 Å².